The van der Waals surface area contributed by atoms with Crippen LogP contribution in [-0.2, 0) is 0 Å². The van der Waals surface area contributed by atoms with Gasteiger partial charge in [-0.25, -0.2) is 0 Å². The van der Waals surface area contributed by atoms with Crippen molar-refractivity contribution in [3.63, 3.8) is 0 Å². The molecule has 0 radical (unpaired) electrons. The van der Waals surface area contributed by atoms with Crippen LogP contribution in [0.15, 0.2) is 28.7 Å². The molecule has 0 amide bonds. The number of nitrogens with zero attached hydrogens (tertiary/aromatic N) is 1. The van der Waals surface area contributed by atoms with Crippen molar-refractivity contribution in [2.75, 3.05) is 26.2 Å². The van der Waals surface area contributed by atoms with Crippen LogP contribution in [0, 0.1) is 5.92 Å². The molecule has 1 aliphatic heterocycles. The standard InChI is InChI=1S/C16H24BrNO/c1-2-3-8-18-9-7-16(14(11-18)12-19)13-5-4-6-15(17)10-13/h4-6,10,14,16,19H,2-3,7-9,11-12H2,1H3/t14-,16-/m0/s1. The molecule has 1 saturated heterocycles. The number of rotatable bonds is 5. The van der Waals surface area contributed by atoms with Crippen LogP contribution in [0.5, 0.6) is 0 Å². The van der Waals surface area contributed by atoms with Crippen molar-refractivity contribution >= 4 is 15.9 Å². The highest BCUT2D eigenvalue weighted by Gasteiger charge is 2.29. The third kappa shape index (κ3) is 4.04. The minimum Gasteiger partial charge on any atom is -0.396 e. The largest absolute Gasteiger partial charge is 0.396 e. The number of likely N-dealkylation sites (tertiary alicyclic amines) is 1. The summed E-state index contributed by atoms with van der Waals surface area (Å²) in [6.45, 7) is 5.90. The van der Waals surface area contributed by atoms with Crippen LogP contribution in [-0.4, -0.2) is 36.2 Å². The van der Waals surface area contributed by atoms with Gasteiger partial charge in [0.25, 0.3) is 0 Å². The highest BCUT2D eigenvalue weighted by atomic mass is 79.9. The first-order valence-corrected chi connectivity index (χ1v) is 8.12. The summed E-state index contributed by atoms with van der Waals surface area (Å²) >= 11 is 3.54. The highest BCUT2D eigenvalue weighted by Crippen LogP contribution is 2.33. The predicted molar refractivity (Wildman–Crippen MR) is 83.4 cm³/mol. The van der Waals surface area contributed by atoms with Gasteiger partial charge in [0.05, 0.1) is 0 Å². The van der Waals surface area contributed by atoms with E-state index >= 15 is 0 Å². The molecule has 1 heterocycles. The van der Waals surface area contributed by atoms with E-state index < -0.39 is 0 Å². The lowest BCUT2D eigenvalue weighted by molar-refractivity contribution is 0.101. The minimum atomic E-state index is 0.291. The normalized spacial score (nSPS) is 24.6. The number of hydrogen-bond donors (Lipinski definition) is 1. The second-order valence-electron chi connectivity index (χ2n) is 5.55. The first-order chi connectivity index (χ1) is 9.24. The maximum Gasteiger partial charge on any atom is 0.0477 e. The zero-order valence-electron chi connectivity index (χ0n) is 11.7. The van der Waals surface area contributed by atoms with Gasteiger partial charge in [0.1, 0.15) is 0 Å². The summed E-state index contributed by atoms with van der Waals surface area (Å²) < 4.78 is 1.13. The molecule has 19 heavy (non-hydrogen) atoms. The maximum atomic E-state index is 9.70. The summed E-state index contributed by atoms with van der Waals surface area (Å²) in [5, 5.41) is 9.70. The van der Waals surface area contributed by atoms with Crippen LogP contribution in [0.1, 0.15) is 37.7 Å². The van der Waals surface area contributed by atoms with Crippen molar-refractivity contribution in [1.82, 2.24) is 4.90 Å². The number of unbranched alkanes of at least 4 members (excludes halogenated alkanes) is 1. The quantitative estimate of drug-likeness (QED) is 0.893. The van der Waals surface area contributed by atoms with Crippen molar-refractivity contribution in [2.45, 2.75) is 32.1 Å². The average Bonchev–Trinajstić information content (AvgIpc) is 2.44. The van der Waals surface area contributed by atoms with Crippen molar-refractivity contribution in [3.05, 3.63) is 34.3 Å². The predicted octanol–water partition coefficient (Wildman–Crippen LogP) is 3.65. The zero-order chi connectivity index (χ0) is 13.7. The monoisotopic (exact) mass is 325 g/mol. The number of aliphatic hydroxyl groups excluding tert-OH is 1. The molecule has 3 heteroatoms. The summed E-state index contributed by atoms with van der Waals surface area (Å²) in [6, 6.07) is 8.56. The third-order valence-corrected chi connectivity index (χ3v) is 4.65. The molecule has 1 N–H and O–H groups in total. The van der Waals surface area contributed by atoms with Gasteiger partial charge in [0.2, 0.25) is 0 Å². The van der Waals surface area contributed by atoms with E-state index in [0.717, 1.165) is 24.0 Å². The molecular formula is C16H24BrNO. The molecule has 0 aliphatic carbocycles. The van der Waals surface area contributed by atoms with Gasteiger partial charge >= 0.3 is 0 Å². The Kier molecular flexibility index (Phi) is 5.86. The molecule has 2 rings (SSSR count). The summed E-state index contributed by atoms with van der Waals surface area (Å²) in [7, 11) is 0. The Bertz CT molecular complexity index is 396. The van der Waals surface area contributed by atoms with E-state index in [1.807, 2.05) is 0 Å². The van der Waals surface area contributed by atoms with Gasteiger partial charge < -0.3 is 10.0 Å². The molecule has 0 saturated carbocycles. The second kappa shape index (κ2) is 7.41. The van der Waals surface area contributed by atoms with Gasteiger partial charge in [-0.2, -0.15) is 0 Å². The van der Waals surface area contributed by atoms with Crippen LogP contribution < -0.4 is 0 Å². The fourth-order valence-electron chi connectivity index (χ4n) is 3.05. The number of aliphatic hydroxyl groups is 1. The van der Waals surface area contributed by atoms with Crippen molar-refractivity contribution in [1.29, 1.82) is 0 Å². The Morgan fingerprint density at radius 2 is 2.26 bits per heavy atom. The second-order valence-corrected chi connectivity index (χ2v) is 6.46. The molecule has 2 nitrogen and oxygen atoms in total. The van der Waals surface area contributed by atoms with E-state index in [4.69, 9.17) is 0 Å². The Labute approximate surface area is 124 Å². The van der Waals surface area contributed by atoms with Crippen LogP contribution >= 0.6 is 15.9 Å². The SMILES string of the molecule is CCCCN1CC[C@@H](c2cccc(Br)c2)[C@H](CO)C1. The van der Waals surface area contributed by atoms with Gasteiger partial charge in [-0.3, -0.25) is 0 Å². The first-order valence-electron chi connectivity index (χ1n) is 7.33. The number of benzene rings is 1. The summed E-state index contributed by atoms with van der Waals surface area (Å²) in [4.78, 5) is 2.51. The lowest BCUT2D eigenvalue weighted by Crippen LogP contribution is -2.41. The Morgan fingerprint density at radius 3 is 2.95 bits per heavy atom. The molecule has 0 spiro atoms. The number of halogens is 1. The van der Waals surface area contributed by atoms with E-state index in [1.165, 1.54) is 24.9 Å². The molecule has 1 aromatic carbocycles. The van der Waals surface area contributed by atoms with Crippen LogP contribution in [0.25, 0.3) is 0 Å². The van der Waals surface area contributed by atoms with Crippen LogP contribution in [0.3, 0.4) is 0 Å². The first kappa shape index (κ1) is 15.0. The lowest BCUT2D eigenvalue weighted by atomic mass is 9.81. The molecular weight excluding hydrogens is 302 g/mol. The molecule has 0 aromatic heterocycles. The number of piperidine rings is 1. The number of hydrogen-bond acceptors (Lipinski definition) is 2. The molecule has 1 aromatic rings. The van der Waals surface area contributed by atoms with Crippen LogP contribution in [0.4, 0.5) is 0 Å². The van der Waals surface area contributed by atoms with Crippen molar-refractivity contribution < 1.29 is 5.11 Å². The van der Waals surface area contributed by atoms with Gasteiger partial charge in [0, 0.05) is 23.5 Å². The molecule has 0 bridgehead atoms. The maximum absolute atomic E-state index is 9.70. The van der Waals surface area contributed by atoms with E-state index in [1.54, 1.807) is 0 Å². The van der Waals surface area contributed by atoms with E-state index in [2.05, 4.69) is 52.0 Å². The topological polar surface area (TPSA) is 23.5 Å². The molecule has 0 unspecified atom stereocenters. The highest BCUT2D eigenvalue weighted by molar-refractivity contribution is 9.10. The van der Waals surface area contributed by atoms with Gasteiger partial charge in [0.15, 0.2) is 0 Å². The van der Waals surface area contributed by atoms with Crippen molar-refractivity contribution in [2.24, 2.45) is 5.92 Å². The molecule has 1 aliphatic rings. The Hall–Kier alpha value is -0.380. The zero-order valence-corrected chi connectivity index (χ0v) is 13.3. The van der Waals surface area contributed by atoms with Gasteiger partial charge in [-0.05, 0) is 49.5 Å². The van der Waals surface area contributed by atoms with Crippen molar-refractivity contribution in [3.8, 4) is 0 Å². The molecule has 2 atom stereocenters. The lowest BCUT2D eigenvalue weighted by Gasteiger charge is -2.38. The minimum absolute atomic E-state index is 0.291. The summed E-state index contributed by atoms with van der Waals surface area (Å²) in [6.07, 6.45) is 3.67. The average molecular weight is 326 g/mol. The van der Waals surface area contributed by atoms with Gasteiger partial charge in [-0.15, -0.1) is 0 Å². The fraction of sp³-hybridized carbons (Fsp3) is 0.625. The smallest absolute Gasteiger partial charge is 0.0477 e. The van der Waals surface area contributed by atoms with Gasteiger partial charge in [-0.1, -0.05) is 41.4 Å². The fourth-order valence-corrected chi connectivity index (χ4v) is 3.47. The van der Waals surface area contributed by atoms with E-state index in [-0.39, 0.29) is 0 Å². The van der Waals surface area contributed by atoms with E-state index in [0.29, 0.717) is 18.4 Å². The molecule has 106 valence electrons. The Balaban J connectivity index is 2.03. The third-order valence-electron chi connectivity index (χ3n) is 4.16. The van der Waals surface area contributed by atoms with E-state index in [9.17, 15) is 5.11 Å². The summed E-state index contributed by atoms with van der Waals surface area (Å²) in [5.41, 5.74) is 1.36. The molecule has 1 fully saturated rings. The van der Waals surface area contributed by atoms with Crippen LogP contribution in [0.2, 0.25) is 0 Å². The summed E-state index contributed by atoms with van der Waals surface area (Å²) in [5.74, 6) is 0.875. The Morgan fingerprint density at radius 1 is 1.42 bits per heavy atom.